The van der Waals surface area contributed by atoms with E-state index in [1.165, 1.54) is 6.92 Å². The molecule has 294 valence electrons. The van der Waals surface area contributed by atoms with E-state index in [0.29, 0.717) is 25.8 Å². The molecule has 2 aliphatic heterocycles. The molecular formula is C35H61N3O13. The van der Waals surface area contributed by atoms with Gasteiger partial charge in [0.05, 0.1) is 24.9 Å². The lowest BCUT2D eigenvalue weighted by Crippen LogP contribution is -2.67. The van der Waals surface area contributed by atoms with E-state index in [2.05, 4.69) is 10.6 Å². The molecule has 4 aliphatic rings. The van der Waals surface area contributed by atoms with Gasteiger partial charge in [-0.15, -0.1) is 0 Å². The molecule has 4 rings (SSSR count). The van der Waals surface area contributed by atoms with Gasteiger partial charge in [0.1, 0.15) is 48.8 Å². The van der Waals surface area contributed by atoms with Crippen molar-refractivity contribution in [1.29, 1.82) is 0 Å². The maximum Gasteiger partial charge on any atom is 0.246 e. The number of rotatable bonds is 15. The van der Waals surface area contributed by atoms with Crippen molar-refractivity contribution in [3.8, 4) is 0 Å². The Kier molecular flexibility index (Phi) is 15.9. The van der Waals surface area contributed by atoms with E-state index >= 15 is 0 Å². The van der Waals surface area contributed by atoms with Crippen LogP contribution in [0.25, 0.3) is 0 Å². The Bertz CT molecular complexity index is 1130. The van der Waals surface area contributed by atoms with Gasteiger partial charge in [0.25, 0.3) is 0 Å². The fraction of sp³-hybridized carbons (Fsp3) is 0.914. The molecule has 2 saturated carbocycles. The molecular weight excluding hydrogens is 670 g/mol. The van der Waals surface area contributed by atoms with Crippen molar-refractivity contribution in [2.24, 2.45) is 23.5 Å². The summed E-state index contributed by atoms with van der Waals surface area (Å²) in [6.45, 7) is 6.49. The van der Waals surface area contributed by atoms with Crippen LogP contribution in [-0.2, 0) is 38.1 Å². The summed E-state index contributed by atoms with van der Waals surface area (Å²) in [5.41, 5.74) is 5.80. The van der Waals surface area contributed by atoms with Crippen LogP contribution in [0.5, 0.6) is 0 Å². The summed E-state index contributed by atoms with van der Waals surface area (Å²) in [7, 11) is 0. The Morgan fingerprint density at radius 1 is 0.902 bits per heavy atom. The third-order valence-electron chi connectivity index (χ3n) is 10.9. The zero-order valence-electron chi connectivity index (χ0n) is 30.3. The van der Waals surface area contributed by atoms with Gasteiger partial charge in [0.2, 0.25) is 17.7 Å². The van der Waals surface area contributed by atoms with Crippen molar-refractivity contribution in [3.05, 3.63) is 0 Å². The average Bonchev–Trinajstić information content (AvgIpc) is 3.11. The summed E-state index contributed by atoms with van der Waals surface area (Å²) in [4.78, 5) is 38.6. The molecule has 6 unspecified atom stereocenters. The van der Waals surface area contributed by atoms with Crippen molar-refractivity contribution >= 4 is 17.7 Å². The summed E-state index contributed by atoms with van der Waals surface area (Å²) in [5.74, 6) is -2.06. The number of carbonyl (C=O) groups is 3. The second-order valence-corrected chi connectivity index (χ2v) is 14.8. The molecule has 9 N–H and O–H groups in total. The number of nitrogens with two attached hydrogens (primary N) is 1. The van der Waals surface area contributed by atoms with Gasteiger partial charge < -0.3 is 65.6 Å². The van der Waals surface area contributed by atoms with Crippen LogP contribution in [0.15, 0.2) is 0 Å². The molecule has 51 heavy (non-hydrogen) atoms. The van der Waals surface area contributed by atoms with Gasteiger partial charge in [-0.2, -0.15) is 0 Å². The molecule has 4 fully saturated rings. The largest absolute Gasteiger partial charge is 0.394 e. The quantitative estimate of drug-likeness (QED) is 0.104. The summed E-state index contributed by atoms with van der Waals surface area (Å²) in [5, 5.41) is 59.0. The van der Waals surface area contributed by atoms with Crippen molar-refractivity contribution in [1.82, 2.24) is 10.6 Å². The fourth-order valence-electron chi connectivity index (χ4n) is 7.99. The first-order valence-corrected chi connectivity index (χ1v) is 18.7. The van der Waals surface area contributed by atoms with E-state index in [1.807, 2.05) is 13.8 Å². The summed E-state index contributed by atoms with van der Waals surface area (Å²) in [6, 6.07) is -1.20. The second kappa shape index (κ2) is 19.4. The predicted molar refractivity (Wildman–Crippen MR) is 180 cm³/mol. The molecule has 0 aromatic rings. The third-order valence-corrected chi connectivity index (χ3v) is 10.9. The molecule has 16 heteroatoms. The number of ether oxygens (including phenoxy) is 5. The van der Waals surface area contributed by atoms with Crippen LogP contribution in [0.1, 0.15) is 91.9 Å². The van der Waals surface area contributed by atoms with Gasteiger partial charge in [-0.1, -0.05) is 52.4 Å². The number of amides is 3. The highest BCUT2D eigenvalue weighted by atomic mass is 16.7. The number of aliphatic hydroxyl groups excluding tert-OH is 5. The van der Waals surface area contributed by atoms with E-state index in [4.69, 9.17) is 29.4 Å². The van der Waals surface area contributed by atoms with Gasteiger partial charge >= 0.3 is 0 Å². The maximum atomic E-state index is 13.3. The van der Waals surface area contributed by atoms with Crippen LogP contribution in [0.3, 0.4) is 0 Å². The van der Waals surface area contributed by atoms with Crippen molar-refractivity contribution in [2.45, 2.75) is 172 Å². The molecule has 0 radical (unpaired) electrons. The SMILES string of the molecule is CCCNC(=O)C1CC(CC)[C@@H](OC2O[C@@H](C)C(O)[C@H](O)[C@@H]2O)[C@H](O[C@@H]2O[C@@H](CO)[C@H](O)C(O[C@@H](CC3CCCCC3)C(N)=O)C2NC(C)=O)C1. The Morgan fingerprint density at radius 2 is 1.61 bits per heavy atom. The monoisotopic (exact) mass is 731 g/mol. The molecule has 16 nitrogen and oxygen atoms in total. The minimum Gasteiger partial charge on any atom is -0.394 e. The van der Waals surface area contributed by atoms with Crippen molar-refractivity contribution in [3.63, 3.8) is 0 Å². The Hall–Kier alpha value is -1.99. The zero-order valence-corrected chi connectivity index (χ0v) is 30.3. The van der Waals surface area contributed by atoms with Crippen LogP contribution in [0.2, 0.25) is 0 Å². The lowest BCUT2D eigenvalue weighted by atomic mass is 9.75. The smallest absolute Gasteiger partial charge is 0.246 e. The first kappa shape index (κ1) is 41.8. The normalized spacial score (nSPS) is 39.9. The highest BCUT2D eigenvalue weighted by Crippen LogP contribution is 2.40. The van der Waals surface area contributed by atoms with E-state index in [-0.39, 0.29) is 24.2 Å². The summed E-state index contributed by atoms with van der Waals surface area (Å²) >= 11 is 0. The first-order valence-electron chi connectivity index (χ1n) is 18.7. The second-order valence-electron chi connectivity index (χ2n) is 14.8. The van der Waals surface area contributed by atoms with Crippen LogP contribution in [-0.4, -0.2) is 136 Å². The van der Waals surface area contributed by atoms with E-state index in [0.717, 1.165) is 38.5 Å². The minimum absolute atomic E-state index is 0.121. The lowest BCUT2D eigenvalue weighted by molar-refractivity contribution is -0.338. The highest BCUT2D eigenvalue weighted by molar-refractivity contribution is 5.79. The van der Waals surface area contributed by atoms with Crippen molar-refractivity contribution in [2.75, 3.05) is 13.2 Å². The Morgan fingerprint density at radius 3 is 2.22 bits per heavy atom. The van der Waals surface area contributed by atoms with Crippen molar-refractivity contribution < 1.29 is 63.6 Å². The van der Waals surface area contributed by atoms with Crippen LogP contribution in [0.4, 0.5) is 0 Å². The molecule has 0 aromatic carbocycles. The maximum absolute atomic E-state index is 13.3. The molecule has 2 saturated heterocycles. The number of primary amides is 1. The number of aliphatic hydroxyl groups is 5. The molecule has 0 aromatic heterocycles. The standard InChI is InChI=1S/C35H61N3O13/c1-5-12-37-33(46)21-14-20(6-2)30(51-35-29(44)28(43)26(41)17(3)47-35)22(15-21)49-34-25(38-18(4)40)31(27(42)24(16-39)50-34)48-23(32(36)45)13-19-10-8-7-9-11-19/h17,19-31,34-35,39,41-44H,5-16H2,1-4H3,(H2,36,45)(H,37,46)(H,38,40)/t17-,20?,21?,22+,23-,24-,25?,26?,27-,28-,29-,30+,31?,34+,35?/m0/s1. The Labute approximate surface area is 300 Å². The average molecular weight is 732 g/mol. The van der Waals surface area contributed by atoms with Gasteiger partial charge in [-0.25, -0.2) is 0 Å². The molecule has 15 atom stereocenters. The van der Waals surface area contributed by atoms with Gasteiger partial charge in [0, 0.05) is 19.4 Å². The van der Waals surface area contributed by atoms with E-state index in [1.54, 1.807) is 6.92 Å². The Balaban J connectivity index is 1.66. The van der Waals surface area contributed by atoms with Crippen LogP contribution >= 0.6 is 0 Å². The summed E-state index contributed by atoms with van der Waals surface area (Å²) < 4.78 is 31.1. The molecule has 3 amide bonds. The van der Waals surface area contributed by atoms with Crippen LogP contribution in [0, 0.1) is 17.8 Å². The highest BCUT2D eigenvalue weighted by Gasteiger charge is 2.52. The zero-order chi connectivity index (χ0) is 37.4. The van der Waals surface area contributed by atoms with Crippen LogP contribution < -0.4 is 16.4 Å². The predicted octanol–water partition coefficient (Wildman–Crippen LogP) is -0.661. The van der Waals surface area contributed by atoms with Gasteiger partial charge in [0.15, 0.2) is 12.6 Å². The van der Waals surface area contributed by atoms with E-state index < -0.39 is 104 Å². The molecule has 0 spiro atoms. The fourth-order valence-corrected chi connectivity index (χ4v) is 7.99. The summed E-state index contributed by atoms with van der Waals surface area (Å²) in [6.07, 6.45) is -7.91. The molecule has 2 aliphatic carbocycles. The number of hydrogen-bond donors (Lipinski definition) is 8. The topological polar surface area (TPSA) is 249 Å². The molecule has 0 bridgehead atoms. The minimum atomic E-state index is -1.60. The number of hydrogen-bond acceptors (Lipinski definition) is 13. The van der Waals surface area contributed by atoms with E-state index in [9.17, 15) is 39.9 Å². The first-order chi connectivity index (χ1) is 24.3. The molecule has 2 heterocycles. The van der Waals surface area contributed by atoms with Gasteiger partial charge in [-0.05, 0) is 44.4 Å². The third kappa shape index (κ3) is 10.6. The lowest BCUT2D eigenvalue weighted by Gasteiger charge is -2.49. The number of nitrogens with one attached hydrogen (secondary N) is 2. The number of carbonyl (C=O) groups excluding carboxylic acids is 3. The van der Waals surface area contributed by atoms with Gasteiger partial charge in [-0.3, -0.25) is 14.4 Å².